The van der Waals surface area contributed by atoms with E-state index in [1.54, 1.807) is 31.2 Å². The number of aromatic nitrogens is 2. The highest BCUT2D eigenvalue weighted by Gasteiger charge is 2.38. The zero-order chi connectivity index (χ0) is 28.0. The van der Waals surface area contributed by atoms with E-state index in [-0.39, 0.29) is 18.1 Å². The van der Waals surface area contributed by atoms with E-state index in [4.69, 9.17) is 8.92 Å². The van der Waals surface area contributed by atoms with E-state index >= 15 is 0 Å². The summed E-state index contributed by atoms with van der Waals surface area (Å²) < 4.78 is 38.4. The van der Waals surface area contributed by atoms with Gasteiger partial charge in [-0.15, -0.1) is 0 Å². The Morgan fingerprint density at radius 2 is 1.27 bits per heavy atom. The fraction of sp³-hybridized carbons (Fsp3) is 0.182. The van der Waals surface area contributed by atoms with E-state index in [0.717, 1.165) is 27.9 Å². The third kappa shape index (κ3) is 5.77. The van der Waals surface area contributed by atoms with Gasteiger partial charge in [0.15, 0.2) is 0 Å². The maximum absolute atomic E-state index is 12.5. The molecule has 6 nitrogen and oxygen atoms in total. The molecule has 1 atom stereocenters. The van der Waals surface area contributed by atoms with Crippen LogP contribution in [0.15, 0.2) is 133 Å². The highest BCUT2D eigenvalue weighted by atomic mass is 32.2. The minimum atomic E-state index is -3.86. The van der Waals surface area contributed by atoms with Gasteiger partial charge in [-0.05, 0) is 42.7 Å². The summed E-state index contributed by atoms with van der Waals surface area (Å²) in [7, 11) is -3.86. The summed E-state index contributed by atoms with van der Waals surface area (Å²) >= 11 is 0. The Bertz CT molecular complexity index is 1520. The molecular weight excluding hydrogens is 520 g/mol. The molecule has 1 aromatic heterocycles. The molecule has 0 aliphatic rings. The molecule has 0 aliphatic heterocycles. The molecule has 0 radical (unpaired) electrons. The van der Waals surface area contributed by atoms with Crippen LogP contribution in [0.25, 0.3) is 0 Å². The summed E-state index contributed by atoms with van der Waals surface area (Å²) in [6.07, 6.45) is 3.35. The second-order valence-electron chi connectivity index (χ2n) is 9.75. The molecule has 0 N–H and O–H groups in total. The van der Waals surface area contributed by atoms with Crippen LogP contribution in [0, 0.1) is 6.92 Å². The minimum Gasteiger partial charge on any atom is -0.370 e. The number of rotatable bonds is 11. The molecule has 5 rings (SSSR count). The average molecular weight is 553 g/mol. The lowest BCUT2D eigenvalue weighted by molar-refractivity contribution is 0.0215. The Hall–Kier alpha value is -4.04. The molecule has 7 heteroatoms. The first-order valence-electron chi connectivity index (χ1n) is 13.2. The van der Waals surface area contributed by atoms with Crippen LogP contribution in [0.2, 0.25) is 0 Å². The van der Waals surface area contributed by atoms with Gasteiger partial charge in [0.05, 0.1) is 36.2 Å². The van der Waals surface area contributed by atoms with Crippen LogP contribution in [-0.4, -0.2) is 30.7 Å². The van der Waals surface area contributed by atoms with Gasteiger partial charge in [-0.2, -0.15) is 8.42 Å². The number of aryl methyl sites for hydroxylation is 1. The fourth-order valence-corrected chi connectivity index (χ4v) is 5.82. The number of imidazole rings is 1. The first-order valence-corrected chi connectivity index (χ1v) is 14.6. The van der Waals surface area contributed by atoms with E-state index in [9.17, 15) is 8.42 Å². The van der Waals surface area contributed by atoms with Crippen molar-refractivity contribution in [2.24, 2.45) is 0 Å². The van der Waals surface area contributed by atoms with Crippen molar-refractivity contribution in [3.8, 4) is 0 Å². The molecule has 0 spiro atoms. The predicted octanol–water partition coefficient (Wildman–Crippen LogP) is 6.34. The summed E-state index contributed by atoms with van der Waals surface area (Å²) in [6, 6.07) is 37.7. The fourth-order valence-electron chi connectivity index (χ4n) is 4.84. The lowest BCUT2D eigenvalue weighted by Crippen LogP contribution is -2.36. The third-order valence-electron chi connectivity index (χ3n) is 6.88. The number of nitrogens with zero attached hydrogens (tertiary/aromatic N) is 2. The third-order valence-corrected chi connectivity index (χ3v) is 8.18. The largest absolute Gasteiger partial charge is 0.370 e. The number of hydrogen-bond donors (Lipinski definition) is 0. The van der Waals surface area contributed by atoms with Gasteiger partial charge >= 0.3 is 0 Å². The summed E-state index contributed by atoms with van der Waals surface area (Å²) in [4.78, 5) is 4.80. The second kappa shape index (κ2) is 12.0. The Labute approximate surface area is 236 Å². The first-order chi connectivity index (χ1) is 19.4. The van der Waals surface area contributed by atoms with Gasteiger partial charge in [0.2, 0.25) is 0 Å². The van der Waals surface area contributed by atoms with Gasteiger partial charge in [0.25, 0.3) is 10.1 Å². The van der Waals surface area contributed by atoms with Crippen LogP contribution in [0.5, 0.6) is 0 Å². The molecule has 0 amide bonds. The van der Waals surface area contributed by atoms with Crippen LogP contribution >= 0.6 is 0 Å². The van der Waals surface area contributed by atoms with E-state index in [0.29, 0.717) is 0 Å². The maximum atomic E-state index is 12.5. The Balaban J connectivity index is 1.39. The molecule has 1 heterocycles. The molecule has 4 aromatic carbocycles. The van der Waals surface area contributed by atoms with Crippen molar-refractivity contribution in [1.29, 1.82) is 0 Å². The van der Waals surface area contributed by atoms with Crippen molar-refractivity contribution < 1.29 is 17.3 Å². The van der Waals surface area contributed by atoms with E-state index in [1.807, 2.05) is 74.0 Å². The van der Waals surface area contributed by atoms with E-state index < -0.39 is 21.8 Å². The van der Waals surface area contributed by atoms with E-state index in [2.05, 4.69) is 45.9 Å². The van der Waals surface area contributed by atoms with Crippen LogP contribution in [0.1, 0.15) is 34.9 Å². The van der Waals surface area contributed by atoms with Crippen LogP contribution < -0.4 is 0 Å². The smallest absolute Gasteiger partial charge is 0.297 e. The van der Waals surface area contributed by atoms with Crippen molar-refractivity contribution in [2.45, 2.75) is 37.0 Å². The van der Waals surface area contributed by atoms with Gasteiger partial charge in [0, 0.05) is 6.20 Å². The standard InChI is InChI=1S/C33H32N2O4S/c1-26-18-20-32(21-19-26)40(36,37)39-23-27(2)38-24-31-22-35(25-34-31)33(28-12-6-3-7-13-28,29-14-8-4-9-15-29)30-16-10-5-11-17-30/h3-22,25,27H,23-24H2,1-2H3. The lowest BCUT2D eigenvalue weighted by atomic mass is 9.77. The van der Waals surface area contributed by atoms with Crippen LogP contribution in [0.3, 0.4) is 0 Å². The Kier molecular flexibility index (Phi) is 8.26. The molecule has 204 valence electrons. The monoisotopic (exact) mass is 552 g/mol. The van der Waals surface area contributed by atoms with Crippen molar-refractivity contribution >= 4 is 10.1 Å². The average Bonchev–Trinajstić information content (AvgIpc) is 3.47. The molecule has 0 saturated carbocycles. The molecule has 0 fully saturated rings. The quantitative estimate of drug-likeness (QED) is 0.141. The molecule has 5 aromatic rings. The highest BCUT2D eigenvalue weighted by molar-refractivity contribution is 7.86. The number of benzene rings is 4. The van der Waals surface area contributed by atoms with Gasteiger partial charge in [0.1, 0.15) is 5.54 Å². The predicted molar refractivity (Wildman–Crippen MR) is 155 cm³/mol. The van der Waals surface area contributed by atoms with Gasteiger partial charge < -0.3 is 9.30 Å². The van der Waals surface area contributed by atoms with Crippen molar-refractivity contribution in [3.63, 3.8) is 0 Å². The normalized spacial score (nSPS) is 12.8. The van der Waals surface area contributed by atoms with Crippen molar-refractivity contribution in [1.82, 2.24) is 9.55 Å². The maximum Gasteiger partial charge on any atom is 0.297 e. The van der Waals surface area contributed by atoms with Crippen molar-refractivity contribution in [3.05, 3.63) is 156 Å². The van der Waals surface area contributed by atoms with E-state index in [1.165, 1.54) is 0 Å². The Morgan fingerprint density at radius 3 is 1.77 bits per heavy atom. The highest BCUT2D eigenvalue weighted by Crippen LogP contribution is 2.40. The SMILES string of the molecule is Cc1ccc(S(=O)(=O)OCC(C)OCc2cn(C(c3ccccc3)(c3ccccc3)c3ccccc3)cn2)cc1. The second-order valence-corrected chi connectivity index (χ2v) is 11.4. The summed E-state index contributed by atoms with van der Waals surface area (Å²) in [5, 5.41) is 0. The lowest BCUT2D eigenvalue weighted by Gasteiger charge is -2.37. The van der Waals surface area contributed by atoms with Gasteiger partial charge in [-0.3, -0.25) is 4.18 Å². The number of hydrogen-bond acceptors (Lipinski definition) is 5. The van der Waals surface area contributed by atoms with Crippen LogP contribution in [0.4, 0.5) is 0 Å². The van der Waals surface area contributed by atoms with Crippen molar-refractivity contribution in [2.75, 3.05) is 6.61 Å². The van der Waals surface area contributed by atoms with Gasteiger partial charge in [-0.25, -0.2) is 4.98 Å². The topological polar surface area (TPSA) is 70.4 Å². The summed E-state index contributed by atoms with van der Waals surface area (Å²) in [6.45, 7) is 3.79. The molecule has 1 unspecified atom stereocenters. The number of ether oxygens (including phenoxy) is 1. The molecule has 0 saturated heterocycles. The molecule has 40 heavy (non-hydrogen) atoms. The zero-order valence-electron chi connectivity index (χ0n) is 22.6. The molecule has 0 aliphatic carbocycles. The van der Waals surface area contributed by atoms with Crippen LogP contribution in [-0.2, 0) is 31.2 Å². The molecule has 0 bridgehead atoms. The summed E-state index contributed by atoms with van der Waals surface area (Å²) in [5.41, 5.74) is 4.33. The Morgan fingerprint density at radius 1 is 0.775 bits per heavy atom. The summed E-state index contributed by atoms with van der Waals surface area (Å²) in [5.74, 6) is 0. The first kappa shape index (κ1) is 27.5. The van der Waals surface area contributed by atoms with Gasteiger partial charge in [-0.1, -0.05) is 109 Å². The zero-order valence-corrected chi connectivity index (χ0v) is 23.4. The minimum absolute atomic E-state index is 0.0983. The molecular formula is C33H32N2O4S.